The van der Waals surface area contributed by atoms with Crippen molar-refractivity contribution < 1.29 is 9.84 Å². The van der Waals surface area contributed by atoms with Gasteiger partial charge in [-0.15, -0.1) is 0 Å². The Labute approximate surface area is 82.6 Å². The van der Waals surface area contributed by atoms with Gasteiger partial charge in [0, 0.05) is 14.1 Å². The zero-order chi connectivity index (χ0) is 11.0. The normalized spacial score (nSPS) is 8.71. The minimum Gasteiger partial charge on any atom is -0.474 e. The van der Waals surface area contributed by atoms with Crippen LogP contribution in [0.2, 0.25) is 0 Å². The van der Waals surface area contributed by atoms with E-state index < -0.39 is 0 Å². The molecule has 0 aromatic carbocycles. The van der Waals surface area contributed by atoms with E-state index in [0.29, 0.717) is 0 Å². The Morgan fingerprint density at radius 2 is 2.00 bits per heavy atom. The number of nitrogens with zero attached hydrogens (tertiary/aromatic N) is 3. The van der Waals surface area contributed by atoms with Gasteiger partial charge in [-0.1, -0.05) is 0 Å². The second kappa shape index (κ2) is 6.72. The summed E-state index contributed by atoms with van der Waals surface area (Å²) in [7, 11) is 3.38. The molecule has 0 saturated heterocycles. The Kier molecular flexibility index (Phi) is 5.88. The van der Waals surface area contributed by atoms with Crippen molar-refractivity contribution in [2.75, 3.05) is 27.3 Å². The molecule has 0 rings (SSSR count). The first kappa shape index (κ1) is 12.2. The summed E-state index contributed by atoms with van der Waals surface area (Å²) in [5.41, 5.74) is 2.49. The van der Waals surface area contributed by atoms with Crippen molar-refractivity contribution in [3.8, 4) is 12.1 Å². The third-order valence-corrected chi connectivity index (χ3v) is 1.11. The summed E-state index contributed by atoms with van der Waals surface area (Å²) in [6.07, 6.45) is 0. The van der Waals surface area contributed by atoms with Crippen molar-refractivity contribution in [3.05, 3.63) is 11.5 Å². The molecule has 6 nitrogen and oxygen atoms in total. The number of allylic oxidation sites excluding steroid dienone is 1. The Hall–Kier alpha value is -1.76. The fourth-order valence-corrected chi connectivity index (χ4v) is 0.638. The molecule has 0 saturated carbocycles. The van der Waals surface area contributed by atoms with Gasteiger partial charge in [-0.2, -0.15) is 10.5 Å². The zero-order valence-corrected chi connectivity index (χ0v) is 8.11. The largest absolute Gasteiger partial charge is 0.474 e. The van der Waals surface area contributed by atoms with E-state index in [1.54, 1.807) is 26.2 Å². The molecule has 0 unspecified atom stereocenters. The van der Waals surface area contributed by atoms with Gasteiger partial charge in [0.15, 0.2) is 5.57 Å². The molecule has 0 bridgehead atoms. The van der Waals surface area contributed by atoms with Crippen LogP contribution in [0.25, 0.3) is 0 Å². The van der Waals surface area contributed by atoms with Crippen LogP contribution in [0.15, 0.2) is 11.5 Å². The molecule has 0 heterocycles. The van der Waals surface area contributed by atoms with Crippen LogP contribution < -0.4 is 5.43 Å². The van der Waals surface area contributed by atoms with E-state index in [9.17, 15) is 0 Å². The maximum atomic E-state index is 8.58. The fourth-order valence-electron chi connectivity index (χ4n) is 0.638. The van der Waals surface area contributed by atoms with Crippen molar-refractivity contribution in [2.24, 2.45) is 0 Å². The molecule has 2 N–H and O–H groups in total. The van der Waals surface area contributed by atoms with Gasteiger partial charge < -0.3 is 9.84 Å². The second-order valence-electron chi connectivity index (χ2n) is 2.51. The van der Waals surface area contributed by atoms with E-state index in [1.165, 1.54) is 5.01 Å². The van der Waals surface area contributed by atoms with Crippen LogP contribution in [0.5, 0.6) is 0 Å². The van der Waals surface area contributed by atoms with Crippen LogP contribution >= 0.6 is 0 Å². The average molecular weight is 196 g/mol. The zero-order valence-electron chi connectivity index (χ0n) is 8.11. The molecule has 76 valence electrons. The summed E-state index contributed by atoms with van der Waals surface area (Å²) in [5.74, 6) is 0.0500. The lowest BCUT2D eigenvalue weighted by Crippen LogP contribution is -2.32. The van der Waals surface area contributed by atoms with E-state index in [0.717, 1.165) is 0 Å². The van der Waals surface area contributed by atoms with Gasteiger partial charge in [0.1, 0.15) is 18.7 Å². The van der Waals surface area contributed by atoms with Gasteiger partial charge in [0.05, 0.1) is 6.61 Å². The summed E-state index contributed by atoms with van der Waals surface area (Å²) in [4.78, 5) is 0. The summed E-state index contributed by atoms with van der Waals surface area (Å²) in [5, 5.41) is 27.2. The molecule has 0 amide bonds. The van der Waals surface area contributed by atoms with E-state index in [2.05, 4.69) is 5.43 Å². The first-order valence-electron chi connectivity index (χ1n) is 3.87. The second-order valence-corrected chi connectivity index (χ2v) is 2.51. The van der Waals surface area contributed by atoms with Crippen molar-refractivity contribution in [2.45, 2.75) is 0 Å². The third-order valence-electron chi connectivity index (χ3n) is 1.11. The first-order valence-corrected chi connectivity index (χ1v) is 3.87. The Bertz CT molecular complexity index is 269. The fraction of sp³-hybridized carbons (Fsp3) is 0.500. The lowest BCUT2D eigenvalue weighted by Gasteiger charge is -2.16. The number of aliphatic hydroxyl groups excluding tert-OH is 1. The van der Waals surface area contributed by atoms with Gasteiger partial charge in [-0.25, -0.2) is 5.01 Å². The van der Waals surface area contributed by atoms with Crippen LogP contribution in [0.3, 0.4) is 0 Å². The highest BCUT2D eigenvalue weighted by atomic mass is 16.5. The van der Waals surface area contributed by atoms with Crippen LogP contribution in [0.4, 0.5) is 0 Å². The number of aliphatic hydroxyl groups is 1. The van der Waals surface area contributed by atoms with Crippen molar-refractivity contribution in [3.63, 3.8) is 0 Å². The summed E-state index contributed by atoms with van der Waals surface area (Å²) < 4.78 is 4.98. The van der Waals surface area contributed by atoms with Gasteiger partial charge in [0.25, 0.3) is 0 Å². The molecule has 0 radical (unpaired) electrons. The Morgan fingerprint density at radius 1 is 1.43 bits per heavy atom. The minimum atomic E-state index is -0.178. The molecule has 0 aliphatic carbocycles. The minimum absolute atomic E-state index is 0.0308. The molecule has 0 aliphatic heterocycles. The van der Waals surface area contributed by atoms with Gasteiger partial charge in [-0.05, 0) is 0 Å². The lowest BCUT2D eigenvalue weighted by molar-refractivity contribution is 0.106. The van der Waals surface area contributed by atoms with Crippen molar-refractivity contribution >= 4 is 0 Å². The van der Waals surface area contributed by atoms with E-state index >= 15 is 0 Å². The number of nitriles is 2. The highest BCUT2D eigenvalue weighted by molar-refractivity contribution is 5.37. The third kappa shape index (κ3) is 4.31. The SMILES string of the molecule is CN(C)NC(OCCO)=C(C#N)C#N. The molecule has 0 atom stereocenters. The number of nitrogens with one attached hydrogen (secondary N) is 1. The predicted molar refractivity (Wildman–Crippen MR) is 48.1 cm³/mol. The van der Waals surface area contributed by atoms with Gasteiger partial charge in [0.2, 0.25) is 5.88 Å². The smallest absolute Gasteiger partial charge is 0.231 e. The number of hydrazine groups is 1. The summed E-state index contributed by atoms with van der Waals surface area (Å²) in [6, 6.07) is 3.38. The van der Waals surface area contributed by atoms with Crippen LogP contribution in [-0.2, 0) is 4.74 Å². The molecular formula is C8H12N4O2. The number of hydrogen-bond donors (Lipinski definition) is 2. The predicted octanol–water partition coefficient (Wildman–Crippen LogP) is -0.680. The van der Waals surface area contributed by atoms with E-state index in [1.807, 2.05) is 0 Å². The van der Waals surface area contributed by atoms with Crippen LogP contribution in [-0.4, -0.2) is 37.4 Å². The van der Waals surface area contributed by atoms with Crippen molar-refractivity contribution in [1.29, 1.82) is 10.5 Å². The van der Waals surface area contributed by atoms with E-state index in [-0.39, 0.29) is 24.7 Å². The monoisotopic (exact) mass is 196 g/mol. The Morgan fingerprint density at radius 3 is 2.36 bits per heavy atom. The quantitative estimate of drug-likeness (QED) is 0.344. The number of rotatable bonds is 5. The first-order chi connectivity index (χ1) is 6.65. The number of ether oxygens (including phenoxy) is 1. The molecular weight excluding hydrogens is 184 g/mol. The molecule has 0 aliphatic rings. The highest BCUT2D eigenvalue weighted by Gasteiger charge is 2.07. The molecule has 0 aromatic rings. The van der Waals surface area contributed by atoms with Crippen molar-refractivity contribution in [1.82, 2.24) is 10.4 Å². The number of hydrogen-bond acceptors (Lipinski definition) is 6. The standard InChI is InChI=1S/C8H12N4O2/c1-12(2)11-8(14-4-3-13)7(5-9)6-10/h11,13H,3-4H2,1-2H3. The van der Waals surface area contributed by atoms with Gasteiger partial charge in [-0.3, -0.25) is 5.43 Å². The summed E-state index contributed by atoms with van der Waals surface area (Å²) >= 11 is 0. The topological polar surface area (TPSA) is 92.3 Å². The molecule has 0 spiro atoms. The van der Waals surface area contributed by atoms with E-state index in [4.69, 9.17) is 20.4 Å². The Balaban J connectivity index is 4.63. The molecule has 0 aromatic heterocycles. The van der Waals surface area contributed by atoms with Crippen LogP contribution in [0, 0.1) is 22.7 Å². The maximum absolute atomic E-state index is 8.58. The summed E-state index contributed by atoms with van der Waals surface area (Å²) in [6.45, 7) is -0.147. The maximum Gasteiger partial charge on any atom is 0.231 e. The van der Waals surface area contributed by atoms with Gasteiger partial charge >= 0.3 is 0 Å². The molecule has 6 heteroatoms. The molecule has 0 fully saturated rings. The average Bonchev–Trinajstić information content (AvgIpc) is 2.15. The van der Waals surface area contributed by atoms with Crippen LogP contribution in [0.1, 0.15) is 0 Å². The highest BCUT2D eigenvalue weighted by Crippen LogP contribution is 2.01. The lowest BCUT2D eigenvalue weighted by atomic mass is 10.3. The molecule has 14 heavy (non-hydrogen) atoms.